The van der Waals surface area contributed by atoms with E-state index in [0.717, 1.165) is 37.8 Å². The van der Waals surface area contributed by atoms with E-state index >= 15 is 0 Å². The predicted octanol–water partition coefficient (Wildman–Crippen LogP) is 4.40. The molecule has 1 aromatic rings. The van der Waals surface area contributed by atoms with Crippen LogP contribution in [0.3, 0.4) is 0 Å². The highest BCUT2D eigenvalue weighted by molar-refractivity contribution is 6.99. The van der Waals surface area contributed by atoms with Gasteiger partial charge in [-0.05, 0) is 31.0 Å². The van der Waals surface area contributed by atoms with Gasteiger partial charge < -0.3 is 0 Å². The van der Waals surface area contributed by atoms with Gasteiger partial charge in [-0.15, -0.1) is 13.2 Å². The van der Waals surface area contributed by atoms with Crippen LogP contribution in [0.5, 0.6) is 0 Å². The van der Waals surface area contributed by atoms with Crippen LogP contribution in [-0.4, -0.2) is 14.0 Å². The maximum absolute atomic E-state index is 12.1. The van der Waals surface area contributed by atoms with Crippen LogP contribution >= 0.6 is 0 Å². The summed E-state index contributed by atoms with van der Waals surface area (Å²) < 4.78 is 0. The SMILES string of the molecule is C=C[Si](C=C)(CC)c1ccc(C(=O)OO[C]2CCCCC2)cc1. The van der Waals surface area contributed by atoms with Gasteiger partial charge in [0.2, 0.25) is 0 Å². The van der Waals surface area contributed by atoms with Crippen LogP contribution in [-0.2, 0) is 9.78 Å². The van der Waals surface area contributed by atoms with Crippen LogP contribution in [0.2, 0.25) is 6.04 Å². The van der Waals surface area contributed by atoms with Gasteiger partial charge in [0.15, 0.2) is 0 Å². The first-order chi connectivity index (χ1) is 11.1. The summed E-state index contributed by atoms with van der Waals surface area (Å²) >= 11 is 0. The van der Waals surface area contributed by atoms with Gasteiger partial charge in [0.25, 0.3) is 0 Å². The van der Waals surface area contributed by atoms with Gasteiger partial charge in [-0.25, -0.2) is 4.79 Å². The summed E-state index contributed by atoms with van der Waals surface area (Å²) in [5.41, 5.74) is 4.55. The molecule has 0 atom stereocenters. The molecule has 0 unspecified atom stereocenters. The number of benzene rings is 1. The molecule has 0 aliphatic heterocycles. The van der Waals surface area contributed by atoms with Crippen molar-refractivity contribution >= 4 is 19.2 Å². The average Bonchev–Trinajstić information content (AvgIpc) is 2.63. The first kappa shape index (κ1) is 17.7. The second-order valence-corrected chi connectivity index (χ2v) is 10.1. The molecule has 0 amide bonds. The Bertz CT molecular complexity index is 536. The third kappa shape index (κ3) is 4.21. The smallest absolute Gasteiger partial charge is 0.292 e. The molecule has 2 rings (SSSR count). The molecule has 1 radical (unpaired) electrons. The zero-order valence-electron chi connectivity index (χ0n) is 13.8. The Hall–Kier alpha value is -1.65. The minimum atomic E-state index is -1.86. The molecule has 3 nitrogen and oxygen atoms in total. The van der Waals surface area contributed by atoms with Gasteiger partial charge >= 0.3 is 5.97 Å². The Balaban J connectivity index is 1.99. The van der Waals surface area contributed by atoms with Crippen molar-refractivity contribution in [3.05, 3.63) is 60.5 Å². The molecule has 0 saturated heterocycles. The molecule has 1 aromatic carbocycles. The van der Waals surface area contributed by atoms with Gasteiger partial charge in [-0.3, -0.25) is 4.89 Å². The van der Waals surface area contributed by atoms with Gasteiger partial charge in [0, 0.05) is 0 Å². The molecule has 0 aromatic heterocycles. The first-order valence-electron chi connectivity index (χ1n) is 8.26. The summed E-state index contributed by atoms with van der Waals surface area (Å²) in [5.74, 6) is -0.449. The Labute approximate surface area is 139 Å². The Morgan fingerprint density at radius 1 is 1.13 bits per heavy atom. The number of hydrogen-bond donors (Lipinski definition) is 0. The molecule has 0 heterocycles. The van der Waals surface area contributed by atoms with Crippen LogP contribution in [0, 0.1) is 6.10 Å². The van der Waals surface area contributed by atoms with E-state index in [1.807, 2.05) is 23.5 Å². The van der Waals surface area contributed by atoms with Crippen molar-refractivity contribution in [3.8, 4) is 0 Å². The largest absolute Gasteiger partial charge is 0.373 e. The standard InChI is InChI=1S/C19H25O3Si/c1-4-23(5-2,6-3)18-14-12-16(13-15-18)19(20)22-21-17-10-8-7-9-11-17/h4-5,12-15H,1-2,6-11H2,3H3. The van der Waals surface area contributed by atoms with Crippen LogP contribution in [0.1, 0.15) is 49.4 Å². The van der Waals surface area contributed by atoms with E-state index < -0.39 is 14.0 Å². The number of rotatable bonds is 7. The maximum atomic E-state index is 12.1. The first-order valence-corrected chi connectivity index (χ1v) is 10.6. The summed E-state index contributed by atoms with van der Waals surface area (Å²) in [4.78, 5) is 22.2. The summed E-state index contributed by atoms with van der Waals surface area (Å²) in [6.07, 6.45) is 6.07. The highest BCUT2D eigenvalue weighted by Crippen LogP contribution is 2.26. The van der Waals surface area contributed by atoms with Crippen molar-refractivity contribution in [1.29, 1.82) is 0 Å². The summed E-state index contributed by atoms with van der Waals surface area (Å²) in [6, 6.07) is 8.53. The van der Waals surface area contributed by atoms with Gasteiger partial charge in [-0.2, -0.15) is 4.89 Å². The summed E-state index contributed by atoms with van der Waals surface area (Å²) in [7, 11) is -1.86. The molecule has 23 heavy (non-hydrogen) atoms. The maximum Gasteiger partial charge on any atom is 0.373 e. The van der Waals surface area contributed by atoms with Gasteiger partial charge in [0.1, 0.15) is 14.2 Å². The fourth-order valence-electron chi connectivity index (χ4n) is 2.90. The minimum absolute atomic E-state index is 0.449. The van der Waals surface area contributed by atoms with Gasteiger partial charge in [0.05, 0.1) is 5.56 Å². The minimum Gasteiger partial charge on any atom is -0.292 e. The second kappa shape index (κ2) is 8.27. The van der Waals surface area contributed by atoms with Crippen molar-refractivity contribution in [2.24, 2.45) is 0 Å². The molecule has 1 aliphatic rings. The van der Waals surface area contributed by atoms with E-state index in [2.05, 4.69) is 20.1 Å². The van der Waals surface area contributed by atoms with Crippen molar-refractivity contribution in [3.63, 3.8) is 0 Å². The fraction of sp³-hybridized carbons (Fsp3) is 0.368. The Morgan fingerprint density at radius 3 is 2.26 bits per heavy atom. The molecule has 0 bridgehead atoms. The quantitative estimate of drug-likeness (QED) is 0.422. The van der Waals surface area contributed by atoms with Crippen LogP contribution in [0.4, 0.5) is 0 Å². The molecular formula is C19H25O3Si. The molecule has 1 saturated carbocycles. The average molecular weight is 329 g/mol. The van der Waals surface area contributed by atoms with Crippen LogP contribution in [0.25, 0.3) is 0 Å². The topological polar surface area (TPSA) is 35.5 Å². The Kier molecular flexibility index (Phi) is 6.36. The zero-order valence-corrected chi connectivity index (χ0v) is 14.8. The molecule has 0 spiro atoms. The lowest BCUT2D eigenvalue weighted by molar-refractivity contribution is -0.239. The van der Waals surface area contributed by atoms with Crippen molar-refractivity contribution < 1.29 is 14.6 Å². The lowest BCUT2D eigenvalue weighted by Crippen LogP contribution is -2.43. The normalized spacial score (nSPS) is 15.9. The van der Waals surface area contributed by atoms with E-state index in [1.165, 1.54) is 11.6 Å². The molecule has 123 valence electrons. The fourth-order valence-corrected chi connectivity index (χ4v) is 5.31. The highest BCUT2D eigenvalue weighted by Gasteiger charge is 2.26. The monoisotopic (exact) mass is 329 g/mol. The van der Waals surface area contributed by atoms with E-state index in [9.17, 15) is 4.79 Å². The molecular weight excluding hydrogens is 304 g/mol. The van der Waals surface area contributed by atoms with Crippen molar-refractivity contribution in [1.82, 2.24) is 0 Å². The highest BCUT2D eigenvalue weighted by atomic mass is 28.3. The van der Waals surface area contributed by atoms with Crippen LogP contribution in [0.15, 0.2) is 48.8 Å². The molecule has 4 heteroatoms. The van der Waals surface area contributed by atoms with E-state index in [0.29, 0.717) is 5.56 Å². The second-order valence-electron chi connectivity index (χ2n) is 5.93. The summed E-state index contributed by atoms with van der Waals surface area (Å²) in [5, 5.41) is 1.20. The third-order valence-electron chi connectivity index (χ3n) is 4.62. The molecule has 1 aliphatic carbocycles. The number of carbonyl (C=O) groups is 1. The lowest BCUT2D eigenvalue weighted by Gasteiger charge is -2.23. The zero-order chi connectivity index (χ0) is 16.7. The van der Waals surface area contributed by atoms with Crippen LogP contribution < -0.4 is 5.19 Å². The Morgan fingerprint density at radius 2 is 1.74 bits per heavy atom. The third-order valence-corrected chi connectivity index (χ3v) is 8.65. The number of hydrogen-bond acceptors (Lipinski definition) is 3. The molecule has 1 fully saturated rings. The van der Waals surface area contributed by atoms with Crippen molar-refractivity contribution in [2.75, 3.05) is 0 Å². The van der Waals surface area contributed by atoms with E-state index in [1.54, 1.807) is 12.1 Å². The molecule has 0 N–H and O–H groups in total. The predicted molar refractivity (Wildman–Crippen MR) is 95.5 cm³/mol. The summed E-state index contributed by atoms with van der Waals surface area (Å²) in [6.45, 7) is 10.1. The number of carbonyl (C=O) groups excluding carboxylic acids is 1. The van der Waals surface area contributed by atoms with E-state index in [-0.39, 0.29) is 0 Å². The lowest BCUT2D eigenvalue weighted by atomic mass is 9.98. The van der Waals surface area contributed by atoms with Crippen molar-refractivity contribution in [2.45, 2.75) is 45.1 Å². The van der Waals surface area contributed by atoms with Gasteiger partial charge in [-0.1, -0.05) is 54.9 Å². The van der Waals surface area contributed by atoms with E-state index in [4.69, 9.17) is 9.78 Å².